The third-order valence-electron chi connectivity index (χ3n) is 4.87. The van der Waals surface area contributed by atoms with Gasteiger partial charge >= 0.3 is 5.69 Å². The molecule has 2 aromatic heterocycles. The molecular weight excluding hydrogens is 324 g/mol. The largest absolute Gasteiger partial charge is 0.329 e. The van der Waals surface area contributed by atoms with Gasteiger partial charge in [-0.25, -0.2) is 9.78 Å². The van der Waals surface area contributed by atoms with E-state index in [1.165, 1.54) is 32.1 Å². The fraction of sp³-hybridized carbons (Fsp3) is 0.647. The van der Waals surface area contributed by atoms with Crippen LogP contribution in [0.5, 0.6) is 0 Å². The molecule has 0 radical (unpaired) electrons. The first-order valence-electron chi connectivity index (χ1n) is 8.86. The Balaban J connectivity index is 1.98. The van der Waals surface area contributed by atoms with Gasteiger partial charge in [0.25, 0.3) is 5.56 Å². The zero-order chi connectivity index (χ0) is 17.1. The van der Waals surface area contributed by atoms with Crippen molar-refractivity contribution >= 4 is 23.3 Å². The molecule has 0 atom stereocenters. The highest BCUT2D eigenvalue weighted by molar-refractivity contribution is 7.71. The average Bonchev–Trinajstić information content (AvgIpc) is 2.57. The topological polar surface area (TPSA) is 83.5 Å². The van der Waals surface area contributed by atoms with Gasteiger partial charge in [-0.05, 0) is 18.8 Å². The van der Waals surface area contributed by atoms with Crippen LogP contribution in [0.15, 0.2) is 9.59 Å². The van der Waals surface area contributed by atoms with Gasteiger partial charge in [-0.15, -0.1) is 0 Å². The second kappa shape index (κ2) is 7.42. The summed E-state index contributed by atoms with van der Waals surface area (Å²) in [5.41, 5.74) is -0.358. The Hall–Kier alpha value is -1.76. The quantitative estimate of drug-likeness (QED) is 0.814. The highest BCUT2D eigenvalue weighted by Crippen LogP contribution is 2.27. The number of rotatable bonds is 5. The van der Waals surface area contributed by atoms with Crippen molar-refractivity contribution in [3.8, 4) is 0 Å². The Kier molecular flexibility index (Phi) is 5.28. The summed E-state index contributed by atoms with van der Waals surface area (Å²) in [7, 11) is 0. The van der Waals surface area contributed by atoms with Gasteiger partial charge in [-0.3, -0.25) is 14.3 Å². The van der Waals surface area contributed by atoms with Crippen molar-refractivity contribution < 1.29 is 0 Å². The second-order valence-electron chi connectivity index (χ2n) is 6.67. The van der Waals surface area contributed by atoms with Crippen molar-refractivity contribution in [1.82, 2.24) is 19.5 Å². The standard InChI is InChI=1S/C17H24N4O2S/c1-2-10-21-14-13(15(22)20-17(21)23)16(24)19-12(18-14)9-8-11-6-4-3-5-7-11/h11H,2-10H2,1H3,(H,18,19,24)(H,20,22,23). The molecule has 0 spiro atoms. The van der Waals surface area contributed by atoms with Gasteiger partial charge in [0.2, 0.25) is 0 Å². The lowest BCUT2D eigenvalue weighted by Gasteiger charge is -2.21. The van der Waals surface area contributed by atoms with Gasteiger partial charge in [-0.2, -0.15) is 0 Å². The van der Waals surface area contributed by atoms with Crippen LogP contribution in [-0.4, -0.2) is 19.5 Å². The smallest absolute Gasteiger partial charge is 0.329 e. The average molecular weight is 348 g/mol. The van der Waals surface area contributed by atoms with E-state index in [4.69, 9.17) is 12.2 Å². The summed E-state index contributed by atoms with van der Waals surface area (Å²) in [5, 5.41) is 0.305. The molecule has 6 nitrogen and oxygen atoms in total. The number of nitrogens with zero attached hydrogens (tertiary/aromatic N) is 2. The first-order chi connectivity index (χ1) is 11.6. The van der Waals surface area contributed by atoms with Crippen molar-refractivity contribution in [3.05, 3.63) is 31.3 Å². The Labute approximate surface area is 145 Å². The number of aromatic nitrogens is 4. The van der Waals surface area contributed by atoms with Crippen LogP contribution in [0.1, 0.15) is 57.7 Å². The summed E-state index contributed by atoms with van der Waals surface area (Å²) in [5.74, 6) is 1.52. The van der Waals surface area contributed by atoms with Gasteiger partial charge in [-0.1, -0.05) is 51.2 Å². The lowest BCUT2D eigenvalue weighted by molar-refractivity contribution is 0.337. The lowest BCUT2D eigenvalue weighted by Crippen LogP contribution is -2.31. The van der Waals surface area contributed by atoms with E-state index in [0.717, 1.165) is 31.0 Å². The predicted molar refractivity (Wildman–Crippen MR) is 97.0 cm³/mol. The lowest BCUT2D eigenvalue weighted by atomic mass is 9.86. The molecule has 24 heavy (non-hydrogen) atoms. The van der Waals surface area contributed by atoms with Crippen LogP contribution in [-0.2, 0) is 13.0 Å². The van der Waals surface area contributed by atoms with Crippen molar-refractivity contribution in [3.63, 3.8) is 0 Å². The van der Waals surface area contributed by atoms with Crippen LogP contribution in [0, 0.1) is 10.6 Å². The van der Waals surface area contributed by atoms with Crippen molar-refractivity contribution in [2.75, 3.05) is 0 Å². The van der Waals surface area contributed by atoms with E-state index in [1.807, 2.05) is 6.92 Å². The zero-order valence-electron chi connectivity index (χ0n) is 14.1. The molecule has 7 heteroatoms. The molecule has 0 aromatic carbocycles. The molecule has 1 saturated carbocycles. The molecular formula is C17H24N4O2S. The molecule has 0 aliphatic heterocycles. The monoisotopic (exact) mass is 348 g/mol. The van der Waals surface area contributed by atoms with E-state index in [1.54, 1.807) is 4.57 Å². The minimum atomic E-state index is -0.463. The molecule has 1 aliphatic rings. The van der Waals surface area contributed by atoms with Crippen LogP contribution >= 0.6 is 12.2 Å². The van der Waals surface area contributed by atoms with Gasteiger partial charge < -0.3 is 4.98 Å². The molecule has 0 amide bonds. The molecule has 2 heterocycles. The normalized spacial score (nSPS) is 15.9. The molecule has 2 N–H and O–H groups in total. The van der Waals surface area contributed by atoms with E-state index in [0.29, 0.717) is 17.6 Å². The molecule has 0 saturated heterocycles. The van der Waals surface area contributed by atoms with Crippen LogP contribution in [0.3, 0.4) is 0 Å². The fourth-order valence-corrected chi connectivity index (χ4v) is 3.91. The molecule has 0 bridgehead atoms. The summed E-state index contributed by atoms with van der Waals surface area (Å²) in [6, 6.07) is 0. The Morgan fingerprint density at radius 1 is 1.21 bits per heavy atom. The van der Waals surface area contributed by atoms with E-state index >= 15 is 0 Å². The molecule has 1 fully saturated rings. The van der Waals surface area contributed by atoms with E-state index in [-0.39, 0.29) is 4.64 Å². The highest BCUT2D eigenvalue weighted by Gasteiger charge is 2.15. The van der Waals surface area contributed by atoms with Crippen molar-refractivity contribution in [2.45, 2.75) is 64.8 Å². The minimum Gasteiger partial charge on any atom is -0.329 e. The second-order valence-corrected chi connectivity index (χ2v) is 7.05. The van der Waals surface area contributed by atoms with Gasteiger partial charge in [0.15, 0.2) is 0 Å². The van der Waals surface area contributed by atoms with Crippen LogP contribution in [0.25, 0.3) is 11.0 Å². The number of H-pyrrole nitrogens is 2. The number of hydrogen-bond acceptors (Lipinski definition) is 4. The maximum Gasteiger partial charge on any atom is 0.329 e. The van der Waals surface area contributed by atoms with Crippen LogP contribution in [0.2, 0.25) is 0 Å². The minimum absolute atomic E-state index is 0.272. The fourth-order valence-electron chi connectivity index (χ4n) is 3.61. The van der Waals surface area contributed by atoms with Crippen LogP contribution in [0.4, 0.5) is 0 Å². The van der Waals surface area contributed by atoms with E-state index in [9.17, 15) is 9.59 Å². The summed E-state index contributed by atoms with van der Waals surface area (Å²) in [6.45, 7) is 2.52. The zero-order valence-corrected chi connectivity index (χ0v) is 14.9. The number of nitrogens with one attached hydrogen (secondary N) is 2. The SMILES string of the molecule is CCCn1c(=O)[nH]c(=O)c2c(=S)nc(CCC3CCCCC3)[nH]c21. The summed E-state index contributed by atoms with van der Waals surface area (Å²) in [6.07, 6.45) is 9.22. The van der Waals surface area contributed by atoms with Crippen molar-refractivity contribution in [2.24, 2.45) is 5.92 Å². The van der Waals surface area contributed by atoms with Crippen molar-refractivity contribution in [1.29, 1.82) is 0 Å². The Morgan fingerprint density at radius 2 is 1.96 bits per heavy atom. The first-order valence-corrected chi connectivity index (χ1v) is 9.27. The number of hydrogen-bond donors (Lipinski definition) is 2. The summed E-state index contributed by atoms with van der Waals surface area (Å²) >= 11 is 5.32. The van der Waals surface area contributed by atoms with Gasteiger partial charge in [0.1, 0.15) is 21.5 Å². The van der Waals surface area contributed by atoms with E-state index < -0.39 is 11.2 Å². The molecule has 1 aliphatic carbocycles. The Bertz CT molecular complexity index is 890. The highest BCUT2D eigenvalue weighted by atomic mass is 32.1. The van der Waals surface area contributed by atoms with Gasteiger partial charge in [0, 0.05) is 13.0 Å². The molecule has 130 valence electrons. The number of aryl methyl sites for hydroxylation is 2. The maximum atomic E-state index is 12.1. The van der Waals surface area contributed by atoms with Crippen LogP contribution < -0.4 is 11.2 Å². The molecule has 2 aromatic rings. The summed E-state index contributed by atoms with van der Waals surface area (Å²) < 4.78 is 1.83. The predicted octanol–water partition coefficient (Wildman–Crippen LogP) is 3.07. The molecule has 3 rings (SSSR count). The molecule has 0 unspecified atom stereocenters. The number of fused-ring (bicyclic) bond motifs is 1. The number of aromatic amines is 2. The Morgan fingerprint density at radius 3 is 2.67 bits per heavy atom. The third-order valence-corrected chi connectivity index (χ3v) is 5.17. The van der Waals surface area contributed by atoms with Gasteiger partial charge in [0.05, 0.1) is 0 Å². The maximum absolute atomic E-state index is 12.1. The first kappa shape index (κ1) is 17.1. The third kappa shape index (κ3) is 3.50. The van der Waals surface area contributed by atoms with E-state index in [2.05, 4.69) is 15.0 Å². The summed E-state index contributed by atoms with van der Waals surface area (Å²) in [4.78, 5) is 34.1.